The fourth-order valence-electron chi connectivity index (χ4n) is 5.39. The molecule has 3 fully saturated rings. The number of hydrogen-bond acceptors (Lipinski definition) is 3. The number of methoxy groups -OCH3 is 2. The molecule has 0 aromatic heterocycles. The van der Waals surface area contributed by atoms with Gasteiger partial charge in [-0.15, -0.1) is 0 Å². The minimum atomic E-state index is -0.657. The van der Waals surface area contributed by atoms with Crippen molar-refractivity contribution in [1.29, 1.82) is 0 Å². The molecular formula is C33H66O3. The summed E-state index contributed by atoms with van der Waals surface area (Å²) in [6.45, 7) is 0. The van der Waals surface area contributed by atoms with Gasteiger partial charge in [0.05, 0.1) is 14.2 Å². The molecule has 0 saturated heterocycles. The molecule has 3 nitrogen and oxygen atoms in total. The smallest absolute Gasteiger partial charge is 0.438 e. The molecule has 3 saturated carbocycles. The van der Waals surface area contributed by atoms with Crippen LogP contribution >= 0.6 is 0 Å². The average molecular weight is 511 g/mol. The molecule has 216 valence electrons. The maximum atomic E-state index is 9.74. The Labute approximate surface area is 227 Å². The van der Waals surface area contributed by atoms with Crippen LogP contribution in [0.5, 0.6) is 0 Å². The molecule has 36 heavy (non-hydrogen) atoms. The maximum Gasteiger partial charge on any atom is 0.507 e. The largest absolute Gasteiger partial charge is 0.507 e. The van der Waals surface area contributed by atoms with E-state index in [0.717, 1.165) is 0 Å². The van der Waals surface area contributed by atoms with E-state index in [4.69, 9.17) is 0 Å². The van der Waals surface area contributed by atoms with Gasteiger partial charge in [-0.05, 0) is 0 Å². The SMILES string of the molecule is C1CCCCCCCCC1.C1CCCCCCCCC1.C1CCCCCCCCC1.COC(=O)OC. The fraction of sp³-hybridized carbons (Fsp3) is 0.970. The van der Waals surface area contributed by atoms with Crippen LogP contribution in [-0.4, -0.2) is 20.4 Å². The fourth-order valence-corrected chi connectivity index (χ4v) is 5.39. The minimum Gasteiger partial charge on any atom is -0.438 e. The van der Waals surface area contributed by atoms with Gasteiger partial charge in [0.1, 0.15) is 0 Å². The van der Waals surface area contributed by atoms with Gasteiger partial charge < -0.3 is 9.47 Å². The molecule has 3 aliphatic carbocycles. The highest BCUT2D eigenvalue weighted by Crippen LogP contribution is 2.17. The normalized spacial score (nSPS) is 21.2. The van der Waals surface area contributed by atoms with E-state index >= 15 is 0 Å². The predicted octanol–water partition coefficient (Wildman–Crippen LogP) is 12.1. The third kappa shape index (κ3) is 31.3. The van der Waals surface area contributed by atoms with E-state index in [-0.39, 0.29) is 0 Å². The van der Waals surface area contributed by atoms with Crippen molar-refractivity contribution in [1.82, 2.24) is 0 Å². The first kappa shape index (κ1) is 35.3. The predicted molar refractivity (Wildman–Crippen MR) is 158 cm³/mol. The van der Waals surface area contributed by atoms with Crippen molar-refractivity contribution in [3.05, 3.63) is 0 Å². The van der Waals surface area contributed by atoms with Crippen molar-refractivity contribution in [3.8, 4) is 0 Å². The number of carbonyl (C=O) groups excluding carboxylic acids is 1. The monoisotopic (exact) mass is 511 g/mol. The Balaban J connectivity index is 0.000000462. The molecule has 0 amide bonds. The average Bonchev–Trinajstić information content (AvgIpc) is 2.94. The summed E-state index contributed by atoms with van der Waals surface area (Å²) < 4.78 is 8.08. The van der Waals surface area contributed by atoms with Crippen molar-refractivity contribution in [3.63, 3.8) is 0 Å². The van der Waals surface area contributed by atoms with E-state index in [1.165, 1.54) is 207 Å². The second kappa shape index (κ2) is 32.3. The molecule has 0 spiro atoms. The highest BCUT2D eigenvalue weighted by Gasteiger charge is 1.98. The second-order valence-corrected chi connectivity index (χ2v) is 11.3. The quantitative estimate of drug-likeness (QED) is 0.304. The van der Waals surface area contributed by atoms with Gasteiger partial charge in [0, 0.05) is 0 Å². The summed E-state index contributed by atoms with van der Waals surface area (Å²) in [6.07, 6.45) is 44.3. The van der Waals surface area contributed by atoms with E-state index in [2.05, 4.69) is 9.47 Å². The first-order valence-corrected chi connectivity index (χ1v) is 16.4. The van der Waals surface area contributed by atoms with Crippen LogP contribution in [0, 0.1) is 0 Å². The molecule has 0 aliphatic heterocycles. The maximum absolute atomic E-state index is 9.74. The lowest BCUT2D eigenvalue weighted by Crippen LogP contribution is -1.97. The van der Waals surface area contributed by atoms with Crippen LogP contribution in [0.4, 0.5) is 4.79 Å². The Kier molecular flexibility index (Phi) is 31.6. The van der Waals surface area contributed by atoms with Gasteiger partial charge in [-0.1, -0.05) is 193 Å². The summed E-state index contributed by atoms with van der Waals surface area (Å²) in [6, 6.07) is 0. The van der Waals surface area contributed by atoms with Gasteiger partial charge in [-0.25, -0.2) is 4.79 Å². The molecule has 0 aromatic rings. The summed E-state index contributed by atoms with van der Waals surface area (Å²) in [5, 5.41) is 0. The molecule has 0 unspecified atom stereocenters. The van der Waals surface area contributed by atoms with Crippen molar-refractivity contribution in [2.75, 3.05) is 14.2 Å². The summed E-state index contributed by atoms with van der Waals surface area (Å²) >= 11 is 0. The zero-order chi connectivity index (χ0) is 26.2. The van der Waals surface area contributed by atoms with Gasteiger partial charge in [-0.3, -0.25) is 0 Å². The first-order valence-electron chi connectivity index (χ1n) is 16.4. The van der Waals surface area contributed by atoms with Gasteiger partial charge in [0.2, 0.25) is 0 Å². The van der Waals surface area contributed by atoms with E-state index in [1.807, 2.05) is 0 Å². The molecule has 0 N–H and O–H groups in total. The molecule has 3 aliphatic rings. The van der Waals surface area contributed by atoms with E-state index < -0.39 is 6.16 Å². The van der Waals surface area contributed by atoms with Crippen molar-refractivity contribution in [2.24, 2.45) is 0 Å². The van der Waals surface area contributed by atoms with Crippen molar-refractivity contribution >= 4 is 6.16 Å². The first-order chi connectivity index (χ1) is 17.8. The summed E-state index contributed by atoms with van der Waals surface area (Å²) in [7, 11) is 2.51. The van der Waals surface area contributed by atoms with Crippen LogP contribution in [0.2, 0.25) is 0 Å². The van der Waals surface area contributed by atoms with Crippen LogP contribution in [0.15, 0.2) is 0 Å². The topological polar surface area (TPSA) is 35.5 Å². The molecule has 0 radical (unpaired) electrons. The third-order valence-corrected chi connectivity index (χ3v) is 7.83. The zero-order valence-corrected chi connectivity index (χ0v) is 24.9. The molecule has 0 heterocycles. The van der Waals surface area contributed by atoms with Crippen LogP contribution < -0.4 is 0 Å². The van der Waals surface area contributed by atoms with Crippen LogP contribution in [0.1, 0.15) is 193 Å². The summed E-state index contributed by atoms with van der Waals surface area (Å²) in [5.74, 6) is 0. The Hall–Kier alpha value is -0.730. The van der Waals surface area contributed by atoms with E-state index in [1.54, 1.807) is 0 Å². The van der Waals surface area contributed by atoms with Crippen LogP contribution in [0.3, 0.4) is 0 Å². The Morgan fingerprint density at radius 2 is 0.361 bits per heavy atom. The molecule has 3 rings (SSSR count). The molecular weight excluding hydrogens is 444 g/mol. The summed E-state index contributed by atoms with van der Waals surface area (Å²) in [5.41, 5.74) is 0. The van der Waals surface area contributed by atoms with E-state index in [9.17, 15) is 4.79 Å². The molecule has 0 bridgehead atoms. The highest BCUT2D eigenvalue weighted by atomic mass is 16.7. The second-order valence-electron chi connectivity index (χ2n) is 11.3. The lowest BCUT2D eigenvalue weighted by atomic mass is 10.0. The van der Waals surface area contributed by atoms with Crippen molar-refractivity contribution < 1.29 is 14.3 Å². The van der Waals surface area contributed by atoms with Crippen LogP contribution in [0.25, 0.3) is 0 Å². The standard InChI is InChI=1S/3C10H20.C3H6O3/c3*1-2-4-6-8-10-9-7-5-3-1;1-5-3(4)6-2/h3*1-10H2;1-2H3. The molecule has 3 heteroatoms. The number of ether oxygens (including phenoxy) is 2. The van der Waals surface area contributed by atoms with Gasteiger partial charge in [0.25, 0.3) is 0 Å². The lowest BCUT2D eigenvalue weighted by Gasteiger charge is -2.05. The molecule has 0 atom stereocenters. The zero-order valence-electron chi connectivity index (χ0n) is 24.9. The van der Waals surface area contributed by atoms with Crippen LogP contribution in [-0.2, 0) is 9.47 Å². The molecule has 0 aromatic carbocycles. The highest BCUT2D eigenvalue weighted by molar-refractivity contribution is 5.59. The van der Waals surface area contributed by atoms with Gasteiger partial charge in [-0.2, -0.15) is 0 Å². The third-order valence-electron chi connectivity index (χ3n) is 7.83. The van der Waals surface area contributed by atoms with E-state index in [0.29, 0.717) is 0 Å². The Bertz CT molecular complexity index is 257. The number of carbonyl (C=O) groups is 1. The van der Waals surface area contributed by atoms with Gasteiger partial charge in [0.15, 0.2) is 0 Å². The van der Waals surface area contributed by atoms with Gasteiger partial charge >= 0.3 is 6.16 Å². The number of hydrogen-bond donors (Lipinski definition) is 0. The summed E-state index contributed by atoms with van der Waals surface area (Å²) in [4.78, 5) is 9.74. The lowest BCUT2D eigenvalue weighted by molar-refractivity contribution is 0.0924. The van der Waals surface area contributed by atoms with Crippen molar-refractivity contribution in [2.45, 2.75) is 193 Å². The Morgan fingerprint density at radius 3 is 0.389 bits per heavy atom. The Morgan fingerprint density at radius 1 is 0.278 bits per heavy atom. The number of rotatable bonds is 0. The minimum absolute atomic E-state index is 0.657.